The summed E-state index contributed by atoms with van der Waals surface area (Å²) in [5.41, 5.74) is 2.98. The fraction of sp³-hybridized carbons (Fsp3) is 0.400. The van der Waals surface area contributed by atoms with E-state index in [0.717, 1.165) is 5.92 Å². The third kappa shape index (κ3) is 4.37. The van der Waals surface area contributed by atoms with Gasteiger partial charge in [0.05, 0.1) is 13.1 Å². The van der Waals surface area contributed by atoms with Crippen molar-refractivity contribution in [2.45, 2.75) is 30.7 Å². The van der Waals surface area contributed by atoms with Crippen molar-refractivity contribution < 1.29 is 4.90 Å². The van der Waals surface area contributed by atoms with Crippen molar-refractivity contribution in [1.82, 2.24) is 0 Å². The summed E-state index contributed by atoms with van der Waals surface area (Å²) in [6.07, 6.45) is 6.13. The minimum absolute atomic E-state index is 0.880. The maximum atomic E-state index is 2.30. The Labute approximate surface area is 138 Å². The number of quaternary nitrogens is 1. The van der Waals surface area contributed by atoms with Crippen LogP contribution in [0.25, 0.3) is 0 Å². The van der Waals surface area contributed by atoms with E-state index in [9.17, 15) is 0 Å². The molecule has 1 aliphatic rings. The number of benzene rings is 2. The van der Waals surface area contributed by atoms with E-state index < -0.39 is 0 Å². The lowest BCUT2D eigenvalue weighted by atomic mass is 9.90. The summed E-state index contributed by atoms with van der Waals surface area (Å²) >= 11 is 1.82. The van der Waals surface area contributed by atoms with E-state index in [4.69, 9.17) is 0 Å². The highest BCUT2D eigenvalue weighted by Crippen LogP contribution is 2.17. The van der Waals surface area contributed by atoms with E-state index in [0.29, 0.717) is 0 Å². The molecule has 1 saturated heterocycles. The van der Waals surface area contributed by atoms with Crippen molar-refractivity contribution in [3.8, 4) is 0 Å². The van der Waals surface area contributed by atoms with Gasteiger partial charge in [-0.3, -0.25) is 0 Å². The molecule has 1 N–H and O–H groups in total. The molecule has 2 aromatic carbocycles. The van der Waals surface area contributed by atoms with E-state index in [1.807, 2.05) is 11.8 Å². The maximum Gasteiger partial charge on any atom is 0.103 e. The number of piperidine rings is 1. The monoisotopic (exact) mass is 312 g/mol. The normalized spacial score (nSPS) is 21.7. The first kappa shape index (κ1) is 15.6. The molecule has 1 aliphatic heterocycles. The molecule has 22 heavy (non-hydrogen) atoms. The molecule has 0 bridgehead atoms. The molecule has 0 amide bonds. The predicted octanol–water partition coefficient (Wildman–Crippen LogP) is 3.45. The second-order valence-electron chi connectivity index (χ2n) is 6.41. The number of nitrogens with one attached hydrogen (secondary N) is 1. The molecular weight excluding hydrogens is 286 g/mol. The number of likely N-dealkylation sites (tertiary alicyclic amines) is 1. The van der Waals surface area contributed by atoms with Gasteiger partial charge in [-0.15, -0.1) is 11.8 Å². The van der Waals surface area contributed by atoms with Gasteiger partial charge in [0, 0.05) is 10.5 Å². The molecule has 0 aliphatic carbocycles. The highest BCUT2D eigenvalue weighted by molar-refractivity contribution is 7.98. The highest BCUT2D eigenvalue weighted by Gasteiger charge is 2.22. The lowest BCUT2D eigenvalue weighted by molar-refractivity contribution is -0.919. The Hall–Kier alpha value is -1.25. The van der Waals surface area contributed by atoms with E-state index in [1.165, 1.54) is 54.9 Å². The summed E-state index contributed by atoms with van der Waals surface area (Å²) < 4.78 is 0. The molecule has 2 aromatic rings. The molecule has 1 nitrogen and oxygen atoms in total. The summed E-state index contributed by atoms with van der Waals surface area (Å²) in [7, 11) is 0. The highest BCUT2D eigenvalue weighted by atomic mass is 32.2. The van der Waals surface area contributed by atoms with Gasteiger partial charge < -0.3 is 4.90 Å². The van der Waals surface area contributed by atoms with Crippen LogP contribution in [0, 0.1) is 5.92 Å². The first-order chi connectivity index (χ1) is 10.8. The topological polar surface area (TPSA) is 4.44 Å². The van der Waals surface area contributed by atoms with Crippen molar-refractivity contribution in [3.05, 3.63) is 65.7 Å². The Morgan fingerprint density at radius 1 is 0.909 bits per heavy atom. The van der Waals surface area contributed by atoms with E-state index >= 15 is 0 Å². The average Bonchev–Trinajstić information content (AvgIpc) is 2.58. The third-order valence-electron chi connectivity index (χ3n) is 4.79. The van der Waals surface area contributed by atoms with Crippen LogP contribution >= 0.6 is 11.8 Å². The first-order valence-electron chi connectivity index (χ1n) is 8.34. The molecule has 1 heterocycles. The van der Waals surface area contributed by atoms with Crippen molar-refractivity contribution in [2.75, 3.05) is 19.3 Å². The van der Waals surface area contributed by atoms with Crippen LogP contribution in [0.4, 0.5) is 0 Å². The van der Waals surface area contributed by atoms with Gasteiger partial charge >= 0.3 is 0 Å². The van der Waals surface area contributed by atoms with Crippen LogP contribution in [-0.2, 0) is 13.0 Å². The molecule has 3 rings (SSSR count). The summed E-state index contributed by atoms with van der Waals surface area (Å²) in [6, 6.07) is 20.1. The van der Waals surface area contributed by atoms with Crippen LogP contribution in [0.3, 0.4) is 0 Å². The van der Waals surface area contributed by atoms with Crippen LogP contribution in [0.5, 0.6) is 0 Å². The maximum absolute atomic E-state index is 2.30. The molecule has 0 atom stereocenters. The van der Waals surface area contributed by atoms with Crippen LogP contribution in [0.15, 0.2) is 59.5 Å². The largest absolute Gasteiger partial charge is 0.331 e. The van der Waals surface area contributed by atoms with E-state index in [1.54, 1.807) is 4.90 Å². The summed E-state index contributed by atoms with van der Waals surface area (Å²) in [4.78, 5) is 3.11. The van der Waals surface area contributed by atoms with Crippen molar-refractivity contribution >= 4 is 11.8 Å². The fourth-order valence-electron chi connectivity index (χ4n) is 3.45. The zero-order chi connectivity index (χ0) is 15.2. The standard InChI is InChI=1S/C20H25NS/c1-22-20-9-7-19(8-10-20)16-21-13-11-18(12-14-21)15-17-5-3-2-4-6-17/h2-10,18H,11-16H2,1H3/p+1. The second kappa shape index (κ2) is 7.85. The van der Waals surface area contributed by atoms with Gasteiger partial charge in [-0.1, -0.05) is 42.5 Å². The number of thioether (sulfide) groups is 1. The molecule has 0 unspecified atom stereocenters. The number of rotatable bonds is 5. The quantitative estimate of drug-likeness (QED) is 0.829. The van der Waals surface area contributed by atoms with Gasteiger partial charge in [0.1, 0.15) is 6.54 Å². The Morgan fingerprint density at radius 2 is 1.59 bits per heavy atom. The SMILES string of the molecule is CSc1ccc(C[NH+]2CCC(Cc3ccccc3)CC2)cc1. The zero-order valence-electron chi connectivity index (χ0n) is 13.4. The van der Waals surface area contributed by atoms with E-state index in [2.05, 4.69) is 60.9 Å². The van der Waals surface area contributed by atoms with E-state index in [-0.39, 0.29) is 0 Å². The van der Waals surface area contributed by atoms with Crippen LogP contribution in [0.2, 0.25) is 0 Å². The van der Waals surface area contributed by atoms with Gasteiger partial charge in [0.25, 0.3) is 0 Å². The molecule has 116 valence electrons. The van der Waals surface area contributed by atoms with Crippen molar-refractivity contribution in [1.29, 1.82) is 0 Å². The third-order valence-corrected chi connectivity index (χ3v) is 5.54. The van der Waals surface area contributed by atoms with Gasteiger partial charge in [0.2, 0.25) is 0 Å². The Balaban J connectivity index is 1.47. The minimum atomic E-state index is 0.880. The molecule has 1 fully saturated rings. The zero-order valence-corrected chi connectivity index (χ0v) is 14.2. The van der Waals surface area contributed by atoms with Gasteiger partial charge in [-0.2, -0.15) is 0 Å². The minimum Gasteiger partial charge on any atom is -0.331 e. The summed E-state index contributed by atoms with van der Waals surface area (Å²) in [5.74, 6) is 0.880. The fourth-order valence-corrected chi connectivity index (χ4v) is 3.85. The Morgan fingerprint density at radius 3 is 2.23 bits per heavy atom. The average molecular weight is 313 g/mol. The smallest absolute Gasteiger partial charge is 0.103 e. The second-order valence-corrected chi connectivity index (χ2v) is 7.29. The predicted molar refractivity (Wildman–Crippen MR) is 95.5 cm³/mol. The lowest BCUT2D eigenvalue weighted by Crippen LogP contribution is -3.11. The molecular formula is C20H26NS+. The van der Waals surface area contributed by atoms with Crippen molar-refractivity contribution in [3.63, 3.8) is 0 Å². The summed E-state index contributed by atoms with van der Waals surface area (Å²) in [5, 5.41) is 0. The van der Waals surface area contributed by atoms with Gasteiger partial charge in [0.15, 0.2) is 0 Å². The lowest BCUT2D eigenvalue weighted by Gasteiger charge is -2.29. The number of hydrogen-bond donors (Lipinski definition) is 1. The number of hydrogen-bond acceptors (Lipinski definition) is 1. The van der Waals surface area contributed by atoms with Gasteiger partial charge in [-0.25, -0.2) is 0 Å². The molecule has 2 heteroatoms. The van der Waals surface area contributed by atoms with Crippen molar-refractivity contribution in [2.24, 2.45) is 5.92 Å². The molecule has 0 aromatic heterocycles. The van der Waals surface area contributed by atoms with Gasteiger partial charge in [-0.05, 0) is 49.1 Å². The Bertz CT molecular complexity index is 556. The first-order valence-corrected chi connectivity index (χ1v) is 9.56. The summed E-state index contributed by atoms with van der Waals surface area (Å²) in [6.45, 7) is 3.83. The molecule has 0 radical (unpaired) electrons. The Kier molecular flexibility index (Phi) is 5.58. The molecule has 0 spiro atoms. The van der Waals surface area contributed by atoms with Crippen LogP contribution < -0.4 is 4.90 Å². The molecule has 0 saturated carbocycles. The van der Waals surface area contributed by atoms with Crippen LogP contribution in [-0.4, -0.2) is 19.3 Å². The van der Waals surface area contributed by atoms with Crippen LogP contribution in [0.1, 0.15) is 24.0 Å².